The van der Waals surface area contributed by atoms with Crippen LogP contribution in [-0.4, -0.2) is 4.49 Å². The molecule has 0 aliphatic heterocycles. The van der Waals surface area contributed by atoms with Gasteiger partial charge in [-0.3, -0.25) is 0 Å². The molecular weight excluding hydrogens is 142 g/mol. The van der Waals surface area contributed by atoms with Crippen molar-refractivity contribution in [2.24, 2.45) is 0 Å². The topological polar surface area (TPSA) is 0 Å². The molecule has 0 saturated carbocycles. The predicted octanol–water partition coefficient (Wildman–Crippen LogP) is 0.560. The summed E-state index contributed by atoms with van der Waals surface area (Å²) in [7, 11) is 0. The van der Waals surface area contributed by atoms with Gasteiger partial charge in [0.2, 0.25) is 0 Å². The maximum atomic E-state index is 3.51. The number of hydrogen-bond donors (Lipinski definition) is 0. The van der Waals surface area contributed by atoms with Gasteiger partial charge in [0.15, 0.2) is 0 Å². The fourth-order valence-electron chi connectivity index (χ4n) is 0. The molecule has 0 radical (unpaired) electrons. The van der Waals surface area contributed by atoms with E-state index < -0.39 is 0 Å². The van der Waals surface area contributed by atoms with Crippen LogP contribution in [0.15, 0.2) is 0 Å². The molecule has 0 rings (SSSR count). The van der Waals surface area contributed by atoms with Gasteiger partial charge in [0.25, 0.3) is 0 Å². The first-order chi connectivity index (χ1) is 1.91. The molecule has 0 spiro atoms. The molecule has 0 aromatic rings. The van der Waals surface area contributed by atoms with E-state index in [0.717, 1.165) is 6.42 Å². The summed E-state index contributed by atoms with van der Waals surface area (Å²) in [4.78, 5) is 0. The Morgan fingerprint density at radius 1 is 2.00 bits per heavy atom. The quantitative estimate of drug-likeness (QED) is 0.376. The molecule has 1 heteroatoms. The fourth-order valence-corrected chi connectivity index (χ4v) is 0. The van der Waals surface area contributed by atoms with Crippen LogP contribution in [0.3, 0.4) is 0 Å². The minimum absolute atomic E-state index is 0.878. The first kappa shape index (κ1) is 4.53. The Bertz CT molecular complexity index is 17.2. The summed E-state index contributed by atoms with van der Waals surface area (Å²) in [6.07, 6.45) is 0.878. The van der Waals surface area contributed by atoms with Gasteiger partial charge < -0.3 is 0 Å². The molecule has 0 heterocycles. The molecule has 0 fully saturated rings. The Balaban J connectivity index is 2.30. The average Bonchev–Trinajstić information content (AvgIpc) is 1.37. The normalized spacial score (nSPS) is 6.75. The third-order valence-corrected chi connectivity index (χ3v) is 0.540. The number of hydrogen-bond acceptors (Lipinski definition) is 0. The first-order valence-electron chi connectivity index (χ1n) is 1.09. The molecule has 0 amide bonds. The maximum absolute atomic E-state index is 3.51. The second-order valence-corrected chi connectivity index (χ2v) is 1.05. The molecule has 0 aliphatic carbocycles. The molecule has 0 unspecified atom stereocenters. The molecule has 0 saturated heterocycles. The second-order valence-electron chi connectivity index (χ2n) is 0.418. The van der Waals surface area contributed by atoms with Gasteiger partial charge in [-0.15, -0.1) is 0 Å². The van der Waals surface area contributed by atoms with Gasteiger partial charge in [0.05, 0.1) is 0 Å². The standard InChI is InChI=1S/C3H5.Pd/c1-3-2;/h1H,2-3H2;/q-1;. The van der Waals surface area contributed by atoms with Crippen molar-refractivity contribution in [1.82, 2.24) is 0 Å². The van der Waals surface area contributed by atoms with Gasteiger partial charge in [0, 0.05) is 0 Å². The van der Waals surface area contributed by atoms with Crippen LogP contribution in [0.2, 0.25) is 0 Å². The summed E-state index contributed by atoms with van der Waals surface area (Å²) in [6, 6.07) is 0. The summed E-state index contributed by atoms with van der Waals surface area (Å²) in [6.45, 7) is 3.51. The Hall–Kier alpha value is 0.532. The monoisotopic (exact) mass is 147 g/mol. The molecule has 0 nitrogen and oxygen atoms in total. The van der Waals surface area contributed by atoms with E-state index in [4.69, 9.17) is 0 Å². The van der Waals surface area contributed by atoms with Crippen LogP contribution in [-0.2, 0) is 18.7 Å². The fraction of sp³-hybridized carbons (Fsp3) is 0.333. The van der Waals surface area contributed by atoms with Crippen molar-refractivity contribution >= 4 is 4.49 Å². The van der Waals surface area contributed by atoms with E-state index in [9.17, 15) is 0 Å². The summed E-state index contributed by atoms with van der Waals surface area (Å²) in [5.41, 5.74) is 0. The van der Waals surface area contributed by atoms with E-state index in [1.54, 1.807) is 0 Å². The van der Waals surface area contributed by atoms with Crippen molar-refractivity contribution in [3.63, 3.8) is 0 Å². The van der Waals surface area contributed by atoms with E-state index in [2.05, 4.69) is 25.7 Å². The summed E-state index contributed by atoms with van der Waals surface area (Å²) < 4.78 is 1.86. The number of rotatable bonds is 1. The summed E-state index contributed by atoms with van der Waals surface area (Å²) in [5.74, 6) is 0. The molecule has 0 N–H and O–H groups in total. The second kappa shape index (κ2) is 3.53. The Labute approximate surface area is 37.1 Å². The Morgan fingerprint density at radius 3 is 2.25 bits per heavy atom. The summed E-state index contributed by atoms with van der Waals surface area (Å²) in [5, 5.41) is 0. The van der Waals surface area contributed by atoms with E-state index in [1.807, 2.05) is 4.49 Å². The third-order valence-electron chi connectivity index (χ3n) is 0.0913. The molecule has 4 heavy (non-hydrogen) atoms. The molecule has 28 valence electrons. The van der Waals surface area contributed by atoms with E-state index in [-0.39, 0.29) is 0 Å². The molecule has 0 aliphatic rings. The molecular formula is C3H5Pd-. The molecule has 0 bridgehead atoms. The predicted molar refractivity (Wildman–Crippen MR) is 16.0 cm³/mol. The van der Waals surface area contributed by atoms with Crippen LogP contribution < -0.4 is 0 Å². The Morgan fingerprint density at radius 2 is 2.25 bits per heavy atom. The van der Waals surface area contributed by atoms with Crippen molar-refractivity contribution in [2.75, 3.05) is 0 Å². The van der Waals surface area contributed by atoms with Crippen LogP contribution in [0.4, 0.5) is 0 Å². The van der Waals surface area contributed by atoms with Gasteiger partial charge in [-0.05, 0) is 0 Å². The van der Waals surface area contributed by atoms with Crippen molar-refractivity contribution in [1.29, 1.82) is 0 Å². The van der Waals surface area contributed by atoms with Crippen molar-refractivity contribution in [3.8, 4) is 0 Å². The zero-order chi connectivity index (χ0) is 3.41. The van der Waals surface area contributed by atoms with Gasteiger partial charge in [0.1, 0.15) is 0 Å². The SMILES string of the molecule is [CH2-]C[CH]=[Pd]. The third kappa shape index (κ3) is 2.53. The molecule has 0 aromatic heterocycles. The summed E-state index contributed by atoms with van der Waals surface area (Å²) >= 11 is 2.85. The Kier molecular flexibility index (Phi) is 4.00. The van der Waals surface area contributed by atoms with Crippen LogP contribution in [0.5, 0.6) is 0 Å². The van der Waals surface area contributed by atoms with Crippen molar-refractivity contribution < 1.29 is 18.7 Å². The minimum atomic E-state index is 0.878. The van der Waals surface area contributed by atoms with E-state index >= 15 is 0 Å². The average molecular weight is 147 g/mol. The van der Waals surface area contributed by atoms with Crippen molar-refractivity contribution in [3.05, 3.63) is 6.92 Å². The van der Waals surface area contributed by atoms with Crippen LogP contribution in [0.25, 0.3) is 0 Å². The zero-order valence-corrected chi connectivity index (χ0v) is 3.86. The van der Waals surface area contributed by atoms with E-state index in [0.29, 0.717) is 0 Å². The van der Waals surface area contributed by atoms with Gasteiger partial charge in [-0.1, -0.05) is 0 Å². The van der Waals surface area contributed by atoms with Crippen LogP contribution >= 0.6 is 0 Å². The van der Waals surface area contributed by atoms with Crippen molar-refractivity contribution in [2.45, 2.75) is 6.42 Å². The molecule has 0 aromatic carbocycles. The first-order valence-corrected chi connectivity index (χ1v) is 1.99. The van der Waals surface area contributed by atoms with Gasteiger partial charge in [-0.2, -0.15) is 0 Å². The van der Waals surface area contributed by atoms with Gasteiger partial charge in [-0.25, -0.2) is 0 Å². The molecule has 0 atom stereocenters. The van der Waals surface area contributed by atoms with Crippen LogP contribution in [0.1, 0.15) is 6.42 Å². The van der Waals surface area contributed by atoms with Crippen LogP contribution in [0, 0.1) is 6.92 Å². The van der Waals surface area contributed by atoms with E-state index in [1.165, 1.54) is 0 Å². The van der Waals surface area contributed by atoms with Gasteiger partial charge >= 0.3 is 36.6 Å². The zero-order valence-electron chi connectivity index (χ0n) is 2.31.